The summed E-state index contributed by atoms with van der Waals surface area (Å²) in [5.74, 6) is 1.61. The highest BCUT2D eigenvalue weighted by molar-refractivity contribution is 5.26. The van der Waals surface area contributed by atoms with E-state index in [0.717, 1.165) is 6.42 Å². The normalized spacial score (nSPS) is 13.9. The Labute approximate surface area is 194 Å². The summed E-state index contributed by atoms with van der Waals surface area (Å²) in [6.45, 7) is 2.38. The fraction of sp³-hybridized carbons (Fsp3) is 0.250. The van der Waals surface area contributed by atoms with E-state index in [1.165, 1.54) is 41.5 Å². The lowest BCUT2D eigenvalue weighted by molar-refractivity contribution is 0.458. The van der Waals surface area contributed by atoms with Crippen LogP contribution in [0.15, 0.2) is 121 Å². The number of rotatable bonds is 10. The minimum absolute atomic E-state index is 0.534. The molecule has 0 aliphatic carbocycles. The van der Waals surface area contributed by atoms with Crippen molar-refractivity contribution in [1.29, 1.82) is 0 Å². The van der Waals surface area contributed by atoms with Crippen LogP contribution in [0, 0.1) is 0 Å². The highest BCUT2D eigenvalue weighted by Crippen LogP contribution is 2.38. The molecule has 32 heavy (non-hydrogen) atoms. The second-order valence-corrected chi connectivity index (χ2v) is 9.02. The molecule has 0 fully saturated rings. The van der Waals surface area contributed by atoms with Gasteiger partial charge in [0.25, 0.3) is 0 Å². The SMILES string of the molecule is CC(CC(CC(CCc1ccccc1)c1ccccc1)c1ccccc1)c1ccccc1. The summed E-state index contributed by atoms with van der Waals surface area (Å²) in [5.41, 5.74) is 5.81. The molecule has 0 bridgehead atoms. The van der Waals surface area contributed by atoms with Crippen molar-refractivity contribution in [3.8, 4) is 0 Å². The molecule has 0 heteroatoms. The molecule has 3 atom stereocenters. The summed E-state index contributed by atoms with van der Waals surface area (Å²) in [6, 6.07) is 44.2. The lowest BCUT2D eigenvalue weighted by atomic mass is 9.77. The van der Waals surface area contributed by atoms with Crippen LogP contribution in [0.25, 0.3) is 0 Å². The zero-order valence-electron chi connectivity index (χ0n) is 19.1. The van der Waals surface area contributed by atoms with Gasteiger partial charge in [-0.3, -0.25) is 0 Å². The molecule has 162 valence electrons. The molecular weight excluding hydrogens is 384 g/mol. The van der Waals surface area contributed by atoms with Crippen LogP contribution in [-0.2, 0) is 6.42 Å². The van der Waals surface area contributed by atoms with Gasteiger partial charge >= 0.3 is 0 Å². The second-order valence-electron chi connectivity index (χ2n) is 9.02. The number of benzene rings is 4. The lowest BCUT2D eigenvalue weighted by Crippen LogP contribution is -2.11. The average Bonchev–Trinajstić information content (AvgIpc) is 2.88. The summed E-state index contributed by atoms with van der Waals surface area (Å²) >= 11 is 0. The first-order valence-corrected chi connectivity index (χ1v) is 12.0. The Morgan fingerprint density at radius 3 is 1.44 bits per heavy atom. The van der Waals surface area contributed by atoms with Crippen molar-refractivity contribution in [3.63, 3.8) is 0 Å². The van der Waals surface area contributed by atoms with Crippen LogP contribution in [0.4, 0.5) is 0 Å². The van der Waals surface area contributed by atoms with E-state index in [2.05, 4.69) is 128 Å². The van der Waals surface area contributed by atoms with Gasteiger partial charge in [-0.1, -0.05) is 128 Å². The predicted molar refractivity (Wildman–Crippen MR) is 137 cm³/mol. The van der Waals surface area contributed by atoms with Crippen LogP contribution >= 0.6 is 0 Å². The van der Waals surface area contributed by atoms with Crippen molar-refractivity contribution in [1.82, 2.24) is 0 Å². The third kappa shape index (κ3) is 6.20. The largest absolute Gasteiger partial charge is 0.0622 e. The van der Waals surface area contributed by atoms with E-state index < -0.39 is 0 Å². The van der Waals surface area contributed by atoms with Crippen LogP contribution in [0.3, 0.4) is 0 Å². The molecular formula is C32H34. The van der Waals surface area contributed by atoms with Gasteiger partial charge in [-0.15, -0.1) is 0 Å². The molecule has 0 aliphatic rings. The molecule has 0 nitrogen and oxygen atoms in total. The molecule has 0 amide bonds. The van der Waals surface area contributed by atoms with E-state index >= 15 is 0 Å². The smallest absolute Gasteiger partial charge is 0.0150 e. The Hall–Kier alpha value is -3.12. The summed E-state index contributed by atoms with van der Waals surface area (Å²) in [6.07, 6.45) is 4.65. The molecule has 0 spiro atoms. The highest BCUT2D eigenvalue weighted by Gasteiger charge is 2.22. The monoisotopic (exact) mass is 418 g/mol. The molecule has 0 aromatic heterocycles. The third-order valence-corrected chi connectivity index (χ3v) is 6.74. The molecule has 4 aromatic rings. The number of hydrogen-bond donors (Lipinski definition) is 0. The standard InChI is InChI=1S/C32H34/c1-26(28-16-8-3-9-17-28)24-32(30-20-12-5-13-21-30)25-31(29-18-10-4-11-19-29)23-22-27-14-6-2-7-15-27/h2-21,26,31-32H,22-25H2,1H3. The first-order chi connectivity index (χ1) is 15.8. The van der Waals surface area contributed by atoms with Gasteiger partial charge in [0.15, 0.2) is 0 Å². The van der Waals surface area contributed by atoms with Crippen molar-refractivity contribution in [3.05, 3.63) is 144 Å². The van der Waals surface area contributed by atoms with Gasteiger partial charge in [-0.2, -0.15) is 0 Å². The maximum absolute atomic E-state index is 2.38. The minimum Gasteiger partial charge on any atom is -0.0622 e. The van der Waals surface area contributed by atoms with Crippen LogP contribution in [0.5, 0.6) is 0 Å². The quantitative estimate of drug-likeness (QED) is 0.241. The van der Waals surface area contributed by atoms with Crippen molar-refractivity contribution in [2.45, 2.75) is 50.4 Å². The van der Waals surface area contributed by atoms with Crippen molar-refractivity contribution in [2.75, 3.05) is 0 Å². The Morgan fingerprint density at radius 1 is 0.469 bits per heavy atom. The van der Waals surface area contributed by atoms with E-state index in [1.807, 2.05) is 0 Å². The Balaban J connectivity index is 1.57. The molecule has 0 heterocycles. The lowest BCUT2D eigenvalue weighted by Gasteiger charge is -2.27. The second kappa shape index (κ2) is 11.5. The molecule has 0 saturated heterocycles. The fourth-order valence-corrected chi connectivity index (χ4v) is 4.91. The maximum Gasteiger partial charge on any atom is -0.0150 e. The predicted octanol–water partition coefficient (Wildman–Crippen LogP) is 8.77. The summed E-state index contributed by atoms with van der Waals surface area (Å²) in [7, 11) is 0. The van der Waals surface area contributed by atoms with Crippen LogP contribution in [0.1, 0.15) is 66.2 Å². The van der Waals surface area contributed by atoms with Crippen molar-refractivity contribution in [2.24, 2.45) is 0 Å². The first-order valence-electron chi connectivity index (χ1n) is 12.0. The Morgan fingerprint density at radius 2 is 0.906 bits per heavy atom. The first kappa shape index (κ1) is 22.1. The number of aryl methyl sites for hydroxylation is 1. The van der Waals surface area contributed by atoms with E-state index in [-0.39, 0.29) is 0 Å². The van der Waals surface area contributed by atoms with E-state index in [1.54, 1.807) is 0 Å². The molecule has 0 radical (unpaired) electrons. The zero-order valence-corrected chi connectivity index (χ0v) is 19.1. The van der Waals surface area contributed by atoms with Crippen LogP contribution < -0.4 is 0 Å². The summed E-state index contributed by atoms with van der Waals surface area (Å²) in [5, 5.41) is 0. The third-order valence-electron chi connectivity index (χ3n) is 6.74. The van der Waals surface area contributed by atoms with Gasteiger partial charge in [0.05, 0.1) is 0 Å². The fourth-order valence-electron chi connectivity index (χ4n) is 4.91. The Kier molecular flexibility index (Phi) is 7.93. The molecule has 0 saturated carbocycles. The van der Waals surface area contributed by atoms with Crippen LogP contribution in [0.2, 0.25) is 0 Å². The summed E-state index contributed by atoms with van der Waals surface area (Å²) in [4.78, 5) is 0. The van der Waals surface area contributed by atoms with Gasteiger partial charge in [0.2, 0.25) is 0 Å². The van der Waals surface area contributed by atoms with Crippen molar-refractivity contribution >= 4 is 0 Å². The van der Waals surface area contributed by atoms with Gasteiger partial charge in [-0.05, 0) is 65.7 Å². The van der Waals surface area contributed by atoms with E-state index in [9.17, 15) is 0 Å². The van der Waals surface area contributed by atoms with Crippen LogP contribution in [-0.4, -0.2) is 0 Å². The maximum atomic E-state index is 2.38. The van der Waals surface area contributed by atoms with E-state index in [4.69, 9.17) is 0 Å². The molecule has 0 aliphatic heterocycles. The van der Waals surface area contributed by atoms with E-state index in [0.29, 0.717) is 17.8 Å². The molecule has 4 aromatic carbocycles. The summed E-state index contributed by atoms with van der Waals surface area (Å²) < 4.78 is 0. The minimum atomic E-state index is 0.534. The van der Waals surface area contributed by atoms with Gasteiger partial charge in [0.1, 0.15) is 0 Å². The number of hydrogen-bond acceptors (Lipinski definition) is 0. The average molecular weight is 419 g/mol. The van der Waals surface area contributed by atoms with Crippen molar-refractivity contribution < 1.29 is 0 Å². The zero-order chi connectivity index (χ0) is 22.0. The Bertz CT molecular complexity index is 1020. The molecule has 3 unspecified atom stereocenters. The van der Waals surface area contributed by atoms with Gasteiger partial charge < -0.3 is 0 Å². The van der Waals surface area contributed by atoms with Gasteiger partial charge in [-0.25, -0.2) is 0 Å². The molecule has 4 rings (SSSR count). The molecule has 0 N–H and O–H groups in total. The highest BCUT2D eigenvalue weighted by atomic mass is 14.3. The topological polar surface area (TPSA) is 0 Å². The van der Waals surface area contributed by atoms with Gasteiger partial charge in [0, 0.05) is 0 Å².